The molecule has 17 heavy (non-hydrogen) atoms. The molecular formula is C10H12F2N2O3. The second-order valence-electron chi connectivity index (χ2n) is 3.04. The zero-order chi connectivity index (χ0) is 12.8. The predicted molar refractivity (Wildman–Crippen MR) is 56.1 cm³/mol. The monoisotopic (exact) mass is 246 g/mol. The lowest BCUT2D eigenvalue weighted by atomic mass is 10.2. The molecule has 0 saturated carbocycles. The number of nitrogens with two attached hydrogens (primary N) is 1. The van der Waals surface area contributed by atoms with E-state index in [1.54, 1.807) is 6.92 Å². The first-order valence-corrected chi connectivity index (χ1v) is 4.88. The van der Waals surface area contributed by atoms with Crippen LogP contribution in [0.15, 0.2) is 12.3 Å². The van der Waals surface area contributed by atoms with E-state index in [0.717, 1.165) is 0 Å². The molecule has 0 aromatic carbocycles. The summed E-state index contributed by atoms with van der Waals surface area (Å²) in [5, 5.41) is 0. The minimum Gasteiger partial charge on any atom is -0.471 e. The van der Waals surface area contributed by atoms with Gasteiger partial charge in [-0.2, -0.15) is 0 Å². The Balaban J connectivity index is 2.91. The lowest BCUT2D eigenvalue weighted by Gasteiger charge is -2.09. The molecule has 0 fully saturated rings. The van der Waals surface area contributed by atoms with Crippen molar-refractivity contribution in [3.63, 3.8) is 0 Å². The van der Waals surface area contributed by atoms with Gasteiger partial charge >= 0.3 is 5.97 Å². The highest BCUT2D eigenvalue weighted by atomic mass is 19.3. The largest absolute Gasteiger partial charge is 0.471 e. The molecule has 1 aromatic heterocycles. The summed E-state index contributed by atoms with van der Waals surface area (Å²) in [7, 11) is 0. The van der Waals surface area contributed by atoms with Gasteiger partial charge in [-0.15, -0.1) is 0 Å². The van der Waals surface area contributed by atoms with Gasteiger partial charge in [-0.1, -0.05) is 0 Å². The smallest absolute Gasteiger partial charge is 0.343 e. The van der Waals surface area contributed by atoms with Crippen molar-refractivity contribution >= 4 is 11.7 Å². The van der Waals surface area contributed by atoms with Crippen molar-refractivity contribution in [3.8, 4) is 5.88 Å². The third-order valence-corrected chi connectivity index (χ3v) is 1.71. The zero-order valence-electron chi connectivity index (χ0n) is 9.15. The van der Waals surface area contributed by atoms with Gasteiger partial charge in [0.15, 0.2) is 6.61 Å². The summed E-state index contributed by atoms with van der Waals surface area (Å²) < 4.78 is 33.4. The number of nitrogen functional groups attached to an aromatic ring is 1. The van der Waals surface area contributed by atoms with Crippen LogP contribution in [0.4, 0.5) is 14.5 Å². The van der Waals surface area contributed by atoms with Crippen molar-refractivity contribution in [2.45, 2.75) is 13.3 Å². The Morgan fingerprint density at radius 2 is 2.29 bits per heavy atom. The highest BCUT2D eigenvalue weighted by molar-refractivity contribution is 5.92. The van der Waals surface area contributed by atoms with Crippen LogP contribution in [-0.2, 0) is 4.74 Å². The van der Waals surface area contributed by atoms with E-state index in [1.165, 1.54) is 12.3 Å². The molecule has 2 N–H and O–H groups in total. The van der Waals surface area contributed by atoms with Crippen LogP contribution >= 0.6 is 0 Å². The molecule has 1 rings (SSSR count). The van der Waals surface area contributed by atoms with E-state index in [9.17, 15) is 13.6 Å². The number of esters is 1. The number of carbonyl (C=O) groups is 1. The maximum absolute atomic E-state index is 12.0. The van der Waals surface area contributed by atoms with Crippen LogP contribution < -0.4 is 10.5 Å². The van der Waals surface area contributed by atoms with E-state index >= 15 is 0 Å². The van der Waals surface area contributed by atoms with Crippen LogP contribution in [-0.4, -0.2) is 30.6 Å². The van der Waals surface area contributed by atoms with Gasteiger partial charge in [0, 0.05) is 0 Å². The van der Waals surface area contributed by atoms with Crippen molar-refractivity contribution in [2.24, 2.45) is 0 Å². The number of anilines is 1. The van der Waals surface area contributed by atoms with Crippen LogP contribution in [0, 0.1) is 0 Å². The summed E-state index contributed by atoms with van der Waals surface area (Å²) in [6.07, 6.45) is -1.44. The Labute approximate surface area is 96.5 Å². The quantitative estimate of drug-likeness (QED) is 0.796. The molecule has 0 amide bonds. The van der Waals surface area contributed by atoms with E-state index in [2.05, 4.69) is 4.98 Å². The molecule has 0 radical (unpaired) electrons. The first kappa shape index (κ1) is 13.1. The summed E-state index contributed by atoms with van der Waals surface area (Å²) in [5.41, 5.74) is 5.60. The summed E-state index contributed by atoms with van der Waals surface area (Å²) >= 11 is 0. The fraction of sp³-hybridized carbons (Fsp3) is 0.400. The number of ether oxygens (including phenoxy) is 2. The van der Waals surface area contributed by atoms with Gasteiger partial charge in [0.25, 0.3) is 6.43 Å². The highest BCUT2D eigenvalue weighted by Gasteiger charge is 2.17. The number of hydrogen-bond donors (Lipinski definition) is 1. The minimum absolute atomic E-state index is 0.0625. The molecule has 0 aliphatic rings. The second kappa shape index (κ2) is 5.97. The molecule has 7 heteroatoms. The molecular weight excluding hydrogens is 234 g/mol. The topological polar surface area (TPSA) is 74.4 Å². The van der Waals surface area contributed by atoms with Gasteiger partial charge in [0.1, 0.15) is 5.56 Å². The normalized spacial score (nSPS) is 10.4. The predicted octanol–water partition coefficient (Wildman–Crippen LogP) is 1.48. The Morgan fingerprint density at radius 1 is 1.59 bits per heavy atom. The number of alkyl halides is 2. The van der Waals surface area contributed by atoms with Crippen molar-refractivity contribution < 1.29 is 23.0 Å². The number of aromatic nitrogens is 1. The van der Waals surface area contributed by atoms with E-state index in [1.807, 2.05) is 0 Å². The SMILES string of the molecule is CCOC(=O)c1cc(N)cnc1OCC(F)F. The maximum Gasteiger partial charge on any atom is 0.343 e. The summed E-state index contributed by atoms with van der Waals surface area (Å²) in [4.78, 5) is 15.1. The lowest BCUT2D eigenvalue weighted by molar-refractivity contribution is 0.0504. The van der Waals surface area contributed by atoms with E-state index in [0.29, 0.717) is 0 Å². The zero-order valence-corrected chi connectivity index (χ0v) is 9.15. The number of carbonyl (C=O) groups excluding carboxylic acids is 1. The van der Waals surface area contributed by atoms with Crippen molar-refractivity contribution in [1.82, 2.24) is 4.98 Å². The summed E-state index contributed by atoms with van der Waals surface area (Å²) in [6.45, 7) is 0.933. The molecule has 1 aromatic rings. The number of halogens is 2. The second-order valence-corrected chi connectivity index (χ2v) is 3.04. The number of rotatable bonds is 5. The molecule has 1 heterocycles. The third kappa shape index (κ3) is 3.86. The molecule has 0 saturated heterocycles. The Hall–Kier alpha value is -1.92. The average Bonchev–Trinajstić information content (AvgIpc) is 2.27. The van der Waals surface area contributed by atoms with Gasteiger partial charge in [0.05, 0.1) is 18.5 Å². The lowest BCUT2D eigenvalue weighted by Crippen LogP contribution is -2.13. The molecule has 0 aliphatic carbocycles. The van der Waals surface area contributed by atoms with Gasteiger partial charge in [0.2, 0.25) is 5.88 Å². The number of hydrogen-bond acceptors (Lipinski definition) is 5. The first-order chi connectivity index (χ1) is 8.04. The van der Waals surface area contributed by atoms with Crippen LogP contribution in [0.3, 0.4) is 0 Å². The van der Waals surface area contributed by atoms with Gasteiger partial charge in [-0.05, 0) is 13.0 Å². The molecule has 0 spiro atoms. The van der Waals surface area contributed by atoms with E-state index in [4.69, 9.17) is 15.2 Å². The molecule has 0 aliphatic heterocycles. The van der Waals surface area contributed by atoms with Crippen LogP contribution in [0.2, 0.25) is 0 Å². The van der Waals surface area contributed by atoms with Crippen LogP contribution in [0.1, 0.15) is 17.3 Å². The molecule has 5 nitrogen and oxygen atoms in total. The van der Waals surface area contributed by atoms with Crippen LogP contribution in [0.5, 0.6) is 5.88 Å². The Kier molecular flexibility index (Phi) is 4.62. The fourth-order valence-corrected chi connectivity index (χ4v) is 1.08. The van der Waals surface area contributed by atoms with E-state index in [-0.39, 0.29) is 23.7 Å². The van der Waals surface area contributed by atoms with Gasteiger partial charge in [-0.3, -0.25) is 0 Å². The average molecular weight is 246 g/mol. The molecule has 94 valence electrons. The van der Waals surface area contributed by atoms with Gasteiger partial charge < -0.3 is 15.2 Å². The minimum atomic E-state index is -2.65. The number of pyridine rings is 1. The maximum atomic E-state index is 12.0. The van der Waals surface area contributed by atoms with Crippen molar-refractivity contribution in [3.05, 3.63) is 17.8 Å². The highest BCUT2D eigenvalue weighted by Crippen LogP contribution is 2.19. The van der Waals surface area contributed by atoms with Crippen molar-refractivity contribution in [1.29, 1.82) is 0 Å². The third-order valence-electron chi connectivity index (χ3n) is 1.71. The summed E-state index contributed by atoms with van der Waals surface area (Å²) in [6, 6.07) is 1.27. The Morgan fingerprint density at radius 3 is 2.88 bits per heavy atom. The first-order valence-electron chi connectivity index (χ1n) is 4.88. The van der Waals surface area contributed by atoms with Gasteiger partial charge in [-0.25, -0.2) is 18.6 Å². The fourth-order valence-electron chi connectivity index (χ4n) is 1.08. The molecule has 0 bridgehead atoms. The standard InChI is InChI=1S/C10H12F2N2O3/c1-2-16-10(15)7-3-6(13)4-14-9(7)17-5-8(11)12/h3-4,8H,2,5,13H2,1H3. The van der Waals surface area contributed by atoms with Crippen LogP contribution in [0.25, 0.3) is 0 Å². The molecule has 0 atom stereocenters. The summed E-state index contributed by atoms with van der Waals surface area (Å²) in [5.74, 6) is -0.922. The number of nitrogens with zero attached hydrogens (tertiary/aromatic N) is 1. The van der Waals surface area contributed by atoms with Crippen molar-refractivity contribution in [2.75, 3.05) is 18.9 Å². The van der Waals surface area contributed by atoms with E-state index < -0.39 is 19.0 Å². The Bertz CT molecular complexity index is 399. The molecule has 0 unspecified atom stereocenters.